The van der Waals surface area contributed by atoms with Crippen molar-refractivity contribution in [1.29, 1.82) is 0 Å². The van der Waals surface area contributed by atoms with E-state index in [0.29, 0.717) is 0 Å². The van der Waals surface area contributed by atoms with E-state index in [0.717, 1.165) is 0 Å². The van der Waals surface area contributed by atoms with Gasteiger partial charge < -0.3 is 5.73 Å². The molecular formula is C9H11NO. The zero-order valence-corrected chi connectivity index (χ0v) is 6.50. The standard InChI is InChI=1S/C7H6.C2H5NO/c1-2-6-4-7(3-1)5-6;1-2(3)4/h1-4H,5H2;1H3,(H2,3,4). The van der Waals surface area contributed by atoms with Gasteiger partial charge >= 0.3 is 0 Å². The summed E-state index contributed by atoms with van der Waals surface area (Å²) in [5.74, 6) is -0.333. The molecule has 0 aromatic heterocycles. The third kappa shape index (κ3) is 2.42. The van der Waals surface area contributed by atoms with Crippen molar-refractivity contribution >= 4 is 5.91 Å². The second-order valence-corrected chi connectivity index (χ2v) is 2.61. The minimum atomic E-state index is -0.333. The SMILES string of the molecule is CC(N)=O.c1cc2cc(c1)C2. The fourth-order valence-electron chi connectivity index (χ4n) is 0.954. The molecule has 2 N–H and O–H groups in total. The largest absolute Gasteiger partial charge is 0.370 e. The van der Waals surface area contributed by atoms with Crippen LogP contribution in [0.3, 0.4) is 0 Å². The second-order valence-electron chi connectivity index (χ2n) is 2.61. The first-order valence-corrected chi connectivity index (χ1v) is 3.52. The zero-order chi connectivity index (χ0) is 8.27. The highest BCUT2D eigenvalue weighted by Gasteiger charge is 2.04. The fraction of sp³-hybridized carbons (Fsp3) is 0.222. The van der Waals surface area contributed by atoms with E-state index in [2.05, 4.69) is 30.0 Å². The van der Waals surface area contributed by atoms with E-state index < -0.39 is 0 Å². The molecule has 0 fully saturated rings. The van der Waals surface area contributed by atoms with Gasteiger partial charge in [-0.2, -0.15) is 0 Å². The van der Waals surface area contributed by atoms with E-state index in [9.17, 15) is 4.79 Å². The zero-order valence-electron chi connectivity index (χ0n) is 6.50. The third-order valence-corrected chi connectivity index (χ3v) is 1.40. The summed E-state index contributed by atoms with van der Waals surface area (Å²) in [6.45, 7) is 1.31. The van der Waals surface area contributed by atoms with Crippen LogP contribution in [-0.2, 0) is 11.2 Å². The van der Waals surface area contributed by atoms with E-state index >= 15 is 0 Å². The van der Waals surface area contributed by atoms with Gasteiger partial charge in [-0.1, -0.05) is 24.3 Å². The van der Waals surface area contributed by atoms with Gasteiger partial charge in [-0.25, -0.2) is 0 Å². The van der Waals surface area contributed by atoms with Crippen molar-refractivity contribution in [2.45, 2.75) is 13.3 Å². The van der Waals surface area contributed by atoms with Crippen LogP contribution in [-0.4, -0.2) is 5.91 Å². The van der Waals surface area contributed by atoms with Crippen molar-refractivity contribution in [3.63, 3.8) is 0 Å². The van der Waals surface area contributed by atoms with Crippen LogP contribution in [0.15, 0.2) is 24.3 Å². The van der Waals surface area contributed by atoms with Crippen LogP contribution in [0.4, 0.5) is 0 Å². The number of rotatable bonds is 0. The summed E-state index contributed by atoms with van der Waals surface area (Å²) in [6.07, 6.45) is 1.22. The lowest BCUT2D eigenvalue weighted by Crippen LogP contribution is -2.01. The molecule has 0 saturated heterocycles. The average Bonchev–Trinajstić information content (AvgIpc) is 1.86. The number of hydrogen-bond donors (Lipinski definition) is 1. The number of benzene rings is 1. The predicted molar refractivity (Wildman–Crippen MR) is 44.1 cm³/mol. The lowest BCUT2D eigenvalue weighted by Gasteiger charge is -2.11. The normalized spacial score (nSPS) is 10.6. The van der Waals surface area contributed by atoms with Gasteiger partial charge in [-0.15, -0.1) is 0 Å². The molecule has 58 valence electrons. The highest BCUT2D eigenvalue weighted by molar-refractivity contribution is 5.70. The summed E-state index contributed by atoms with van der Waals surface area (Å²) >= 11 is 0. The van der Waals surface area contributed by atoms with E-state index in [1.165, 1.54) is 24.5 Å². The maximum Gasteiger partial charge on any atom is 0.214 e. The predicted octanol–water partition coefficient (Wildman–Crippen LogP) is 1.08. The van der Waals surface area contributed by atoms with E-state index in [1.54, 1.807) is 0 Å². The number of amides is 1. The Hall–Kier alpha value is -1.31. The molecule has 1 aromatic carbocycles. The molecule has 0 spiro atoms. The molecule has 11 heavy (non-hydrogen) atoms. The molecule has 2 aliphatic rings. The van der Waals surface area contributed by atoms with Gasteiger partial charge in [0.1, 0.15) is 0 Å². The summed E-state index contributed by atoms with van der Waals surface area (Å²) in [5.41, 5.74) is 7.44. The van der Waals surface area contributed by atoms with Gasteiger partial charge in [-0.3, -0.25) is 4.79 Å². The number of primary amides is 1. The van der Waals surface area contributed by atoms with Gasteiger partial charge in [0.2, 0.25) is 5.91 Å². The first-order valence-electron chi connectivity index (χ1n) is 3.52. The Balaban J connectivity index is 0.000000134. The van der Waals surface area contributed by atoms with Gasteiger partial charge in [0, 0.05) is 6.92 Å². The van der Waals surface area contributed by atoms with Crippen molar-refractivity contribution < 1.29 is 4.79 Å². The molecule has 0 radical (unpaired) electrons. The fourth-order valence-corrected chi connectivity index (χ4v) is 0.954. The minimum Gasteiger partial charge on any atom is -0.370 e. The van der Waals surface area contributed by atoms with Crippen LogP contribution in [0.2, 0.25) is 0 Å². The number of carbonyl (C=O) groups is 1. The molecule has 0 saturated carbocycles. The minimum absolute atomic E-state index is 0.333. The quantitative estimate of drug-likeness (QED) is 0.598. The van der Waals surface area contributed by atoms with Crippen molar-refractivity contribution in [1.82, 2.24) is 0 Å². The van der Waals surface area contributed by atoms with Crippen LogP contribution in [0.25, 0.3) is 0 Å². The summed E-state index contributed by atoms with van der Waals surface area (Å²) in [6, 6.07) is 8.65. The monoisotopic (exact) mass is 149 g/mol. The summed E-state index contributed by atoms with van der Waals surface area (Å²) in [5, 5.41) is 0. The topological polar surface area (TPSA) is 43.1 Å². The average molecular weight is 149 g/mol. The molecule has 0 unspecified atom stereocenters. The number of carbonyl (C=O) groups excluding carboxylic acids is 1. The number of fused-ring (bicyclic) bond motifs is 2. The molecule has 3 rings (SSSR count). The van der Waals surface area contributed by atoms with Crippen LogP contribution in [0.5, 0.6) is 0 Å². The van der Waals surface area contributed by atoms with Crippen LogP contribution >= 0.6 is 0 Å². The summed E-state index contributed by atoms with van der Waals surface area (Å²) in [7, 11) is 0. The van der Waals surface area contributed by atoms with Crippen molar-refractivity contribution in [3.05, 3.63) is 35.4 Å². The highest BCUT2D eigenvalue weighted by atomic mass is 16.1. The van der Waals surface area contributed by atoms with E-state index in [-0.39, 0.29) is 5.91 Å². The molecule has 0 atom stereocenters. The lowest BCUT2D eigenvalue weighted by molar-refractivity contribution is -0.115. The van der Waals surface area contributed by atoms with Crippen molar-refractivity contribution in [2.24, 2.45) is 5.73 Å². The molecule has 0 heterocycles. The molecule has 2 nitrogen and oxygen atoms in total. The van der Waals surface area contributed by atoms with E-state index in [4.69, 9.17) is 0 Å². The molecule has 1 amide bonds. The summed E-state index contributed by atoms with van der Waals surface area (Å²) in [4.78, 5) is 9.22. The van der Waals surface area contributed by atoms with Crippen LogP contribution in [0, 0.1) is 0 Å². The summed E-state index contributed by atoms with van der Waals surface area (Å²) < 4.78 is 0. The smallest absolute Gasteiger partial charge is 0.214 e. The Morgan fingerprint density at radius 1 is 1.45 bits per heavy atom. The van der Waals surface area contributed by atoms with Crippen LogP contribution < -0.4 is 5.73 Å². The maximum absolute atomic E-state index is 9.22. The molecular weight excluding hydrogens is 138 g/mol. The molecule has 1 aromatic rings. The van der Waals surface area contributed by atoms with Gasteiger partial charge in [-0.05, 0) is 17.5 Å². The maximum atomic E-state index is 9.22. The third-order valence-electron chi connectivity index (χ3n) is 1.40. The Bertz CT molecular complexity index is 239. The molecule has 2 aliphatic carbocycles. The Kier molecular flexibility index (Phi) is 2.26. The first-order chi connectivity index (χ1) is 5.18. The van der Waals surface area contributed by atoms with Crippen molar-refractivity contribution in [3.8, 4) is 0 Å². The van der Waals surface area contributed by atoms with Crippen LogP contribution in [0.1, 0.15) is 18.1 Å². The van der Waals surface area contributed by atoms with Gasteiger partial charge in [0.05, 0.1) is 0 Å². The second kappa shape index (κ2) is 3.19. The Morgan fingerprint density at radius 3 is 1.91 bits per heavy atom. The molecule has 2 heteroatoms. The van der Waals surface area contributed by atoms with E-state index in [1.807, 2.05) is 0 Å². The highest BCUT2D eigenvalue weighted by Crippen LogP contribution is 2.18. The lowest BCUT2D eigenvalue weighted by atomic mass is 9.94. The molecule has 2 bridgehead atoms. The van der Waals surface area contributed by atoms with Gasteiger partial charge in [0.25, 0.3) is 0 Å². The molecule has 0 aliphatic heterocycles. The Labute approximate surface area is 66.0 Å². The number of hydrogen-bond acceptors (Lipinski definition) is 1. The van der Waals surface area contributed by atoms with Crippen molar-refractivity contribution in [2.75, 3.05) is 0 Å². The number of nitrogens with two attached hydrogens (primary N) is 1. The Morgan fingerprint density at radius 2 is 1.82 bits per heavy atom. The van der Waals surface area contributed by atoms with Gasteiger partial charge in [0.15, 0.2) is 0 Å². The first kappa shape index (κ1) is 7.79.